The van der Waals surface area contributed by atoms with Gasteiger partial charge < -0.3 is 15.0 Å². The molecule has 27 heavy (non-hydrogen) atoms. The number of hydrogen-bond donors (Lipinski definition) is 2. The van der Waals surface area contributed by atoms with Crippen LogP contribution in [0.5, 0.6) is 0 Å². The molecule has 0 atom stereocenters. The molecule has 3 aromatic heterocycles. The van der Waals surface area contributed by atoms with Gasteiger partial charge in [-0.3, -0.25) is 4.68 Å². The highest BCUT2D eigenvalue weighted by atomic mass is 35.5. The van der Waals surface area contributed by atoms with Crippen molar-refractivity contribution >= 4 is 39.6 Å². The van der Waals surface area contributed by atoms with Crippen LogP contribution >= 0.6 is 11.6 Å². The molecule has 138 valence electrons. The third-order valence-electron chi connectivity index (χ3n) is 4.33. The lowest BCUT2D eigenvalue weighted by atomic mass is 10.1. The molecule has 9 heteroatoms. The monoisotopic (exact) mass is 384 g/mol. The summed E-state index contributed by atoms with van der Waals surface area (Å²) in [5.74, 6) is -1.05. The number of aromatic carboxylic acids is 1. The summed E-state index contributed by atoms with van der Waals surface area (Å²) < 4.78 is 1.89. The Labute approximate surface area is 159 Å². The number of hydrogen-bond acceptors (Lipinski definition) is 5. The highest BCUT2D eigenvalue weighted by Gasteiger charge is 2.18. The van der Waals surface area contributed by atoms with Crippen molar-refractivity contribution in [2.45, 2.75) is 6.54 Å². The lowest BCUT2D eigenvalue weighted by molar-refractivity contribution is 0.0699. The Morgan fingerprint density at radius 3 is 2.93 bits per heavy atom. The lowest BCUT2D eigenvalue weighted by Gasteiger charge is -2.09. The molecule has 1 aromatic carbocycles. The zero-order chi connectivity index (χ0) is 19.1. The Morgan fingerprint density at radius 1 is 1.37 bits per heavy atom. The Balaban J connectivity index is 1.89. The fourth-order valence-electron chi connectivity index (χ4n) is 2.97. The molecule has 2 N–H and O–H groups in total. The minimum Gasteiger partial charge on any atom is -0.478 e. The number of carboxylic acids is 1. The van der Waals surface area contributed by atoms with Crippen LogP contribution < -0.4 is 0 Å². The topological polar surface area (TPSA) is 99.9 Å². The standard InChI is InChI=1S/C18H17ClN6O2/c1-24(2)5-6-25-14-7-10(19)3-4-11(14)15(23-25)13-9-21-17-16(22-13)12(8-20-17)18(26)27/h3-4,7-9H,5-6H2,1-2H3,(H,20,21)(H,26,27). The summed E-state index contributed by atoms with van der Waals surface area (Å²) in [5.41, 5.74) is 2.88. The number of H-pyrrole nitrogens is 1. The normalized spacial score (nSPS) is 11.7. The van der Waals surface area contributed by atoms with E-state index in [9.17, 15) is 9.90 Å². The van der Waals surface area contributed by atoms with Gasteiger partial charge in [-0.25, -0.2) is 14.8 Å². The number of carboxylic acid groups (broad SMARTS) is 1. The quantitative estimate of drug-likeness (QED) is 0.548. The van der Waals surface area contributed by atoms with Crippen LogP contribution in [0.4, 0.5) is 0 Å². The molecule has 0 fully saturated rings. The third-order valence-corrected chi connectivity index (χ3v) is 4.56. The Kier molecular flexibility index (Phi) is 4.29. The number of halogens is 1. The number of aromatic nitrogens is 5. The van der Waals surface area contributed by atoms with E-state index in [2.05, 4.69) is 19.9 Å². The zero-order valence-corrected chi connectivity index (χ0v) is 15.5. The maximum Gasteiger partial charge on any atom is 0.339 e. The zero-order valence-electron chi connectivity index (χ0n) is 14.8. The van der Waals surface area contributed by atoms with Gasteiger partial charge in [0.25, 0.3) is 0 Å². The SMILES string of the molecule is CN(C)CCn1nc(-c2cnc3[nH]cc(C(=O)O)c3n2)c2ccc(Cl)cc21. The number of rotatable bonds is 5. The van der Waals surface area contributed by atoms with Gasteiger partial charge in [-0.2, -0.15) is 5.10 Å². The summed E-state index contributed by atoms with van der Waals surface area (Å²) in [6, 6.07) is 5.57. The van der Waals surface area contributed by atoms with E-state index < -0.39 is 5.97 Å². The van der Waals surface area contributed by atoms with E-state index in [1.807, 2.05) is 30.9 Å². The predicted molar refractivity (Wildman–Crippen MR) is 103 cm³/mol. The average Bonchev–Trinajstić information content (AvgIpc) is 3.20. The van der Waals surface area contributed by atoms with Crippen LogP contribution in [0.1, 0.15) is 10.4 Å². The maximum atomic E-state index is 11.4. The van der Waals surface area contributed by atoms with E-state index in [1.54, 1.807) is 12.3 Å². The van der Waals surface area contributed by atoms with E-state index in [0.29, 0.717) is 34.1 Å². The number of benzene rings is 1. The first-order valence-corrected chi connectivity index (χ1v) is 8.70. The predicted octanol–water partition coefficient (Wildman–Crippen LogP) is 2.89. The van der Waals surface area contributed by atoms with Crippen LogP contribution in [0.25, 0.3) is 33.5 Å². The number of fused-ring (bicyclic) bond motifs is 2. The van der Waals surface area contributed by atoms with Crippen LogP contribution in [0.15, 0.2) is 30.6 Å². The van der Waals surface area contributed by atoms with Crippen molar-refractivity contribution in [2.24, 2.45) is 0 Å². The van der Waals surface area contributed by atoms with Crippen molar-refractivity contribution in [3.63, 3.8) is 0 Å². The van der Waals surface area contributed by atoms with Crippen LogP contribution in [-0.4, -0.2) is 61.3 Å². The summed E-state index contributed by atoms with van der Waals surface area (Å²) in [4.78, 5) is 25.1. The fraction of sp³-hybridized carbons (Fsp3) is 0.222. The van der Waals surface area contributed by atoms with E-state index >= 15 is 0 Å². The molecular formula is C18H17ClN6O2. The minimum absolute atomic E-state index is 0.0822. The van der Waals surface area contributed by atoms with Gasteiger partial charge in [0.05, 0.1) is 18.3 Å². The first kappa shape index (κ1) is 17.4. The number of nitrogens with zero attached hydrogens (tertiary/aromatic N) is 5. The largest absolute Gasteiger partial charge is 0.478 e. The van der Waals surface area contributed by atoms with Gasteiger partial charge in [0.2, 0.25) is 0 Å². The molecule has 0 aliphatic heterocycles. The van der Waals surface area contributed by atoms with Gasteiger partial charge in [0.15, 0.2) is 5.65 Å². The molecule has 3 heterocycles. The van der Waals surface area contributed by atoms with Gasteiger partial charge >= 0.3 is 5.97 Å². The second kappa shape index (κ2) is 6.64. The van der Waals surface area contributed by atoms with E-state index in [-0.39, 0.29) is 5.56 Å². The van der Waals surface area contributed by atoms with Crippen molar-refractivity contribution in [3.05, 3.63) is 41.2 Å². The summed E-state index contributed by atoms with van der Waals surface area (Å²) in [5, 5.41) is 15.6. The first-order chi connectivity index (χ1) is 12.9. The molecular weight excluding hydrogens is 368 g/mol. The summed E-state index contributed by atoms with van der Waals surface area (Å²) in [6.45, 7) is 1.50. The Hall–Kier alpha value is -2.97. The smallest absolute Gasteiger partial charge is 0.339 e. The number of likely N-dealkylation sites (N-methyl/N-ethyl adjacent to an activating group) is 1. The Bertz CT molecular complexity index is 1160. The van der Waals surface area contributed by atoms with E-state index in [1.165, 1.54) is 6.20 Å². The highest BCUT2D eigenvalue weighted by molar-refractivity contribution is 6.31. The highest BCUT2D eigenvalue weighted by Crippen LogP contribution is 2.29. The van der Waals surface area contributed by atoms with Crippen LogP contribution in [0, 0.1) is 0 Å². The molecule has 0 saturated carbocycles. The van der Waals surface area contributed by atoms with E-state index in [0.717, 1.165) is 17.4 Å². The van der Waals surface area contributed by atoms with Gasteiger partial charge in [0.1, 0.15) is 22.5 Å². The summed E-state index contributed by atoms with van der Waals surface area (Å²) in [6.07, 6.45) is 2.99. The van der Waals surface area contributed by atoms with Gasteiger partial charge in [-0.15, -0.1) is 0 Å². The maximum absolute atomic E-state index is 11.4. The first-order valence-electron chi connectivity index (χ1n) is 8.32. The van der Waals surface area contributed by atoms with E-state index in [4.69, 9.17) is 16.7 Å². The van der Waals surface area contributed by atoms with Gasteiger partial charge in [-0.1, -0.05) is 11.6 Å². The third kappa shape index (κ3) is 3.13. The molecule has 4 aromatic rings. The molecule has 0 aliphatic carbocycles. The second-order valence-corrected chi connectivity index (χ2v) is 6.93. The van der Waals surface area contributed by atoms with Crippen LogP contribution in [0.3, 0.4) is 0 Å². The lowest BCUT2D eigenvalue weighted by Crippen LogP contribution is -2.19. The number of nitrogens with one attached hydrogen (secondary N) is 1. The van der Waals surface area contributed by atoms with Crippen molar-refractivity contribution in [1.29, 1.82) is 0 Å². The number of aromatic amines is 1. The second-order valence-electron chi connectivity index (χ2n) is 6.50. The summed E-state index contributed by atoms with van der Waals surface area (Å²) >= 11 is 6.18. The molecule has 0 amide bonds. The van der Waals surface area contributed by atoms with Gasteiger partial charge in [-0.05, 0) is 32.3 Å². The van der Waals surface area contributed by atoms with Crippen LogP contribution in [0.2, 0.25) is 5.02 Å². The Morgan fingerprint density at radius 2 is 2.19 bits per heavy atom. The van der Waals surface area contributed by atoms with Crippen molar-refractivity contribution in [1.82, 2.24) is 29.6 Å². The fourth-order valence-corrected chi connectivity index (χ4v) is 3.14. The van der Waals surface area contributed by atoms with Crippen molar-refractivity contribution < 1.29 is 9.90 Å². The van der Waals surface area contributed by atoms with Crippen molar-refractivity contribution in [3.8, 4) is 11.4 Å². The molecule has 4 rings (SSSR count). The molecule has 0 bridgehead atoms. The molecule has 0 saturated heterocycles. The number of carbonyl (C=O) groups is 1. The van der Waals surface area contributed by atoms with Crippen molar-refractivity contribution in [2.75, 3.05) is 20.6 Å². The molecule has 0 radical (unpaired) electrons. The van der Waals surface area contributed by atoms with Crippen LogP contribution in [-0.2, 0) is 6.54 Å². The molecule has 0 aliphatic rings. The van der Waals surface area contributed by atoms with Gasteiger partial charge in [0, 0.05) is 23.2 Å². The minimum atomic E-state index is -1.05. The average molecular weight is 385 g/mol. The molecule has 0 spiro atoms. The summed E-state index contributed by atoms with van der Waals surface area (Å²) in [7, 11) is 4.00. The molecule has 0 unspecified atom stereocenters. The molecule has 8 nitrogen and oxygen atoms in total.